The van der Waals surface area contributed by atoms with Gasteiger partial charge in [-0.3, -0.25) is 0 Å². The normalized spacial score (nSPS) is 13.2. The van der Waals surface area contributed by atoms with Crippen LogP contribution >= 0.6 is 15.9 Å². The minimum atomic E-state index is 0.216. The SMILES string of the molecule is Cc1ccc(C)c(CC(Br)c2ccc(C(C)(C)C)cc2)c1. The van der Waals surface area contributed by atoms with Gasteiger partial charge in [-0.05, 0) is 47.9 Å². The van der Waals surface area contributed by atoms with Crippen LogP contribution in [0.4, 0.5) is 0 Å². The molecule has 1 atom stereocenters. The van der Waals surface area contributed by atoms with Crippen LogP contribution in [0.3, 0.4) is 0 Å². The smallest absolute Gasteiger partial charge is 0.0435 e. The lowest BCUT2D eigenvalue weighted by molar-refractivity contribution is 0.590. The minimum absolute atomic E-state index is 0.216. The van der Waals surface area contributed by atoms with Crippen LogP contribution in [0.1, 0.15) is 53.4 Å². The van der Waals surface area contributed by atoms with Crippen LogP contribution in [-0.4, -0.2) is 0 Å². The van der Waals surface area contributed by atoms with Crippen molar-refractivity contribution in [1.29, 1.82) is 0 Å². The van der Waals surface area contributed by atoms with Crippen molar-refractivity contribution in [2.75, 3.05) is 0 Å². The van der Waals surface area contributed by atoms with Gasteiger partial charge >= 0.3 is 0 Å². The van der Waals surface area contributed by atoms with Crippen molar-refractivity contribution in [3.05, 3.63) is 70.3 Å². The number of alkyl halides is 1. The van der Waals surface area contributed by atoms with Crippen LogP contribution in [-0.2, 0) is 11.8 Å². The minimum Gasteiger partial charge on any atom is -0.0835 e. The highest BCUT2D eigenvalue weighted by atomic mass is 79.9. The molecule has 1 heteroatoms. The quantitative estimate of drug-likeness (QED) is 0.574. The maximum atomic E-state index is 3.86. The molecule has 2 aromatic rings. The van der Waals surface area contributed by atoms with E-state index in [0.29, 0.717) is 4.83 Å². The first kappa shape index (κ1) is 16.3. The molecule has 112 valence electrons. The average molecular weight is 345 g/mol. The van der Waals surface area contributed by atoms with Gasteiger partial charge in [0.2, 0.25) is 0 Å². The lowest BCUT2D eigenvalue weighted by Crippen LogP contribution is -2.10. The first-order valence-corrected chi connectivity index (χ1v) is 8.49. The zero-order chi connectivity index (χ0) is 15.6. The van der Waals surface area contributed by atoms with E-state index >= 15 is 0 Å². The number of halogens is 1. The number of rotatable bonds is 3. The number of benzene rings is 2. The van der Waals surface area contributed by atoms with Crippen molar-refractivity contribution in [3.63, 3.8) is 0 Å². The van der Waals surface area contributed by atoms with Crippen LogP contribution in [0.25, 0.3) is 0 Å². The molecule has 2 aromatic carbocycles. The molecule has 0 aliphatic heterocycles. The van der Waals surface area contributed by atoms with Gasteiger partial charge < -0.3 is 0 Å². The van der Waals surface area contributed by atoms with E-state index in [4.69, 9.17) is 0 Å². The first-order valence-electron chi connectivity index (χ1n) is 7.58. The van der Waals surface area contributed by atoms with Crippen LogP contribution in [0.2, 0.25) is 0 Å². The summed E-state index contributed by atoms with van der Waals surface area (Å²) >= 11 is 3.86. The average Bonchev–Trinajstić information content (AvgIpc) is 2.42. The van der Waals surface area contributed by atoms with Crippen molar-refractivity contribution in [2.45, 2.75) is 51.3 Å². The second kappa shape index (κ2) is 6.36. The van der Waals surface area contributed by atoms with E-state index < -0.39 is 0 Å². The topological polar surface area (TPSA) is 0 Å². The Bertz CT molecular complexity index is 603. The molecule has 0 spiro atoms. The molecule has 0 heterocycles. The number of hydrogen-bond acceptors (Lipinski definition) is 0. The van der Waals surface area contributed by atoms with Gasteiger partial charge in [0.15, 0.2) is 0 Å². The van der Waals surface area contributed by atoms with E-state index in [1.165, 1.54) is 27.8 Å². The molecule has 0 radical (unpaired) electrons. The predicted octanol–water partition coefficient (Wildman–Crippen LogP) is 6.28. The Morgan fingerprint density at radius 2 is 1.57 bits per heavy atom. The second-order valence-electron chi connectivity index (χ2n) is 6.97. The summed E-state index contributed by atoms with van der Waals surface area (Å²) in [7, 11) is 0. The van der Waals surface area contributed by atoms with E-state index in [1.807, 2.05) is 0 Å². The first-order chi connectivity index (χ1) is 9.77. The zero-order valence-electron chi connectivity index (χ0n) is 13.7. The fourth-order valence-electron chi connectivity index (χ4n) is 2.52. The fraction of sp³-hybridized carbons (Fsp3) is 0.400. The molecular formula is C20H25Br. The molecule has 0 saturated carbocycles. The van der Waals surface area contributed by atoms with E-state index in [-0.39, 0.29) is 5.41 Å². The monoisotopic (exact) mass is 344 g/mol. The third-order valence-electron chi connectivity index (χ3n) is 4.04. The van der Waals surface area contributed by atoms with E-state index in [2.05, 4.69) is 93.0 Å². The number of hydrogen-bond donors (Lipinski definition) is 0. The molecule has 0 amide bonds. The molecule has 2 rings (SSSR count). The summed E-state index contributed by atoms with van der Waals surface area (Å²) in [5.74, 6) is 0. The largest absolute Gasteiger partial charge is 0.0835 e. The molecule has 0 saturated heterocycles. The van der Waals surface area contributed by atoms with Crippen LogP contribution in [0, 0.1) is 13.8 Å². The van der Waals surface area contributed by atoms with Gasteiger partial charge in [-0.15, -0.1) is 0 Å². The molecule has 0 aliphatic carbocycles. The van der Waals surface area contributed by atoms with Gasteiger partial charge in [0.1, 0.15) is 0 Å². The van der Waals surface area contributed by atoms with Crippen molar-refractivity contribution >= 4 is 15.9 Å². The maximum absolute atomic E-state index is 3.86. The van der Waals surface area contributed by atoms with Gasteiger partial charge in [-0.2, -0.15) is 0 Å². The molecule has 0 aliphatic rings. The highest BCUT2D eigenvalue weighted by molar-refractivity contribution is 9.09. The third kappa shape index (κ3) is 4.20. The molecule has 0 fully saturated rings. The van der Waals surface area contributed by atoms with Crippen LogP contribution in [0.15, 0.2) is 42.5 Å². The van der Waals surface area contributed by atoms with E-state index in [9.17, 15) is 0 Å². The van der Waals surface area contributed by atoms with Gasteiger partial charge in [-0.25, -0.2) is 0 Å². The van der Waals surface area contributed by atoms with Crippen LogP contribution < -0.4 is 0 Å². The summed E-state index contributed by atoms with van der Waals surface area (Å²) in [6.45, 7) is 11.1. The zero-order valence-corrected chi connectivity index (χ0v) is 15.3. The van der Waals surface area contributed by atoms with Gasteiger partial charge in [0.05, 0.1) is 0 Å². The number of aryl methyl sites for hydroxylation is 2. The Hall–Kier alpha value is -1.08. The summed E-state index contributed by atoms with van der Waals surface area (Å²) in [6, 6.07) is 15.7. The molecule has 0 nitrogen and oxygen atoms in total. The highest BCUT2D eigenvalue weighted by Gasteiger charge is 2.15. The maximum Gasteiger partial charge on any atom is 0.0435 e. The second-order valence-corrected chi connectivity index (χ2v) is 8.08. The van der Waals surface area contributed by atoms with Crippen molar-refractivity contribution < 1.29 is 0 Å². The van der Waals surface area contributed by atoms with Crippen molar-refractivity contribution in [1.82, 2.24) is 0 Å². The predicted molar refractivity (Wildman–Crippen MR) is 96.4 cm³/mol. The van der Waals surface area contributed by atoms with Crippen LogP contribution in [0.5, 0.6) is 0 Å². The Balaban J connectivity index is 2.17. The standard InChI is InChI=1S/C20H25Br/c1-14-6-7-15(2)17(12-14)13-19(21)16-8-10-18(11-9-16)20(3,4)5/h6-12,19H,13H2,1-5H3. The molecule has 0 N–H and O–H groups in total. The molecule has 21 heavy (non-hydrogen) atoms. The van der Waals surface area contributed by atoms with Gasteiger partial charge in [-0.1, -0.05) is 84.7 Å². The van der Waals surface area contributed by atoms with Crippen molar-refractivity contribution in [3.8, 4) is 0 Å². The lowest BCUT2D eigenvalue weighted by Gasteiger charge is -2.20. The van der Waals surface area contributed by atoms with E-state index in [0.717, 1.165) is 6.42 Å². The summed E-state index contributed by atoms with van der Waals surface area (Å²) < 4.78 is 0. The molecule has 1 unspecified atom stereocenters. The molecular weight excluding hydrogens is 320 g/mol. The third-order valence-corrected chi connectivity index (χ3v) is 4.89. The van der Waals surface area contributed by atoms with Crippen molar-refractivity contribution in [2.24, 2.45) is 0 Å². The molecule has 0 aromatic heterocycles. The summed E-state index contributed by atoms with van der Waals surface area (Å²) in [6.07, 6.45) is 1.03. The molecule has 0 bridgehead atoms. The Labute approximate surface area is 137 Å². The highest BCUT2D eigenvalue weighted by Crippen LogP contribution is 2.30. The fourth-order valence-corrected chi connectivity index (χ4v) is 3.18. The van der Waals surface area contributed by atoms with Gasteiger partial charge in [0, 0.05) is 4.83 Å². The lowest BCUT2D eigenvalue weighted by atomic mass is 9.86. The Morgan fingerprint density at radius 1 is 0.952 bits per heavy atom. The van der Waals surface area contributed by atoms with Gasteiger partial charge in [0.25, 0.3) is 0 Å². The summed E-state index contributed by atoms with van der Waals surface area (Å²) in [5.41, 5.74) is 7.08. The summed E-state index contributed by atoms with van der Waals surface area (Å²) in [4.78, 5) is 0.368. The Kier molecular flexibility index (Phi) is 4.93. The van der Waals surface area contributed by atoms with E-state index in [1.54, 1.807) is 0 Å². The summed E-state index contributed by atoms with van der Waals surface area (Å²) in [5, 5.41) is 0. The Morgan fingerprint density at radius 3 is 2.14 bits per heavy atom.